The Morgan fingerprint density at radius 2 is 2.08 bits per heavy atom. The van der Waals surface area contributed by atoms with E-state index in [-0.39, 0.29) is 0 Å². The van der Waals surface area contributed by atoms with Crippen molar-refractivity contribution >= 4 is 11.8 Å². The normalized spacial score (nSPS) is 36.8. The number of thioether (sulfide) groups is 1. The zero-order chi connectivity index (χ0) is 8.39. The molecule has 0 aliphatic carbocycles. The van der Waals surface area contributed by atoms with Crippen LogP contribution >= 0.6 is 11.8 Å². The fourth-order valence-electron chi connectivity index (χ4n) is 2.22. The van der Waals surface area contributed by atoms with Crippen LogP contribution in [0.1, 0.15) is 19.3 Å². The fourth-order valence-corrected chi connectivity index (χ4v) is 3.85. The summed E-state index contributed by atoms with van der Waals surface area (Å²) in [5.74, 6) is 0. The molecule has 3 heteroatoms. The van der Waals surface area contributed by atoms with Crippen LogP contribution in [0.3, 0.4) is 0 Å². The summed E-state index contributed by atoms with van der Waals surface area (Å²) in [6.07, 6.45) is 4.30. The number of rotatable bonds is 2. The molecule has 2 aliphatic heterocycles. The maximum Gasteiger partial charge on any atom is 0.0178 e. The SMILES string of the molecule is NCCN1CCC2CCC(C1)S2. The van der Waals surface area contributed by atoms with E-state index in [0.29, 0.717) is 0 Å². The minimum absolute atomic E-state index is 0.821. The molecule has 2 nitrogen and oxygen atoms in total. The lowest BCUT2D eigenvalue weighted by molar-refractivity contribution is 0.270. The van der Waals surface area contributed by atoms with E-state index in [2.05, 4.69) is 16.7 Å². The lowest BCUT2D eigenvalue weighted by Gasteiger charge is -2.22. The molecule has 0 amide bonds. The van der Waals surface area contributed by atoms with Gasteiger partial charge < -0.3 is 10.6 Å². The van der Waals surface area contributed by atoms with E-state index in [1.54, 1.807) is 0 Å². The Morgan fingerprint density at radius 3 is 2.92 bits per heavy atom. The second-order valence-corrected chi connectivity index (χ2v) is 5.44. The van der Waals surface area contributed by atoms with Crippen molar-refractivity contribution in [3.05, 3.63) is 0 Å². The predicted molar refractivity (Wildman–Crippen MR) is 54.5 cm³/mol. The molecule has 2 saturated heterocycles. The molecule has 2 rings (SSSR count). The summed E-state index contributed by atoms with van der Waals surface area (Å²) < 4.78 is 0. The van der Waals surface area contributed by atoms with Crippen molar-refractivity contribution in [3.63, 3.8) is 0 Å². The van der Waals surface area contributed by atoms with Gasteiger partial charge in [-0.2, -0.15) is 11.8 Å². The summed E-state index contributed by atoms with van der Waals surface area (Å²) in [6, 6.07) is 0. The van der Waals surface area contributed by atoms with Crippen LogP contribution in [0.25, 0.3) is 0 Å². The highest BCUT2D eigenvalue weighted by Crippen LogP contribution is 2.38. The van der Waals surface area contributed by atoms with Crippen LogP contribution in [-0.4, -0.2) is 41.6 Å². The highest BCUT2D eigenvalue weighted by Gasteiger charge is 2.29. The summed E-state index contributed by atoms with van der Waals surface area (Å²) in [5, 5.41) is 1.89. The van der Waals surface area contributed by atoms with Gasteiger partial charge >= 0.3 is 0 Å². The van der Waals surface area contributed by atoms with E-state index in [1.807, 2.05) is 0 Å². The third-order valence-corrected chi connectivity index (χ3v) is 4.50. The summed E-state index contributed by atoms with van der Waals surface area (Å²) >= 11 is 2.22. The number of nitrogens with zero attached hydrogens (tertiary/aromatic N) is 1. The second-order valence-electron chi connectivity index (χ2n) is 3.84. The summed E-state index contributed by atoms with van der Waals surface area (Å²) in [6.45, 7) is 4.50. The van der Waals surface area contributed by atoms with Crippen molar-refractivity contribution < 1.29 is 0 Å². The summed E-state index contributed by atoms with van der Waals surface area (Å²) in [5.41, 5.74) is 5.56. The maximum atomic E-state index is 5.56. The largest absolute Gasteiger partial charge is 0.329 e. The van der Waals surface area contributed by atoms with Gasteiger partial charge in [0.2, 0.25) is 0 Å². The summed E-state index contributed by atoms with van der Waals surface area (Å²) in [4.78, 5) is 2.54. The quantitative estimate of drug-likeness (QED) is 0.695. The van der Waals surface area contributed by atoms with Crippen molar-refractivity contribution in [2.24, 2.45) is 5.73 Å². The molecule has 2 unspecified atom stereocenters. The zero-order valence-electron chi connectivity index (χ0n) is 7.54. The molecule has 0 saturated carbocycles. The van der Waals surface area contributed by atoms with Crippen LogP contribution in [0.5, 0.6) is 0 Å². The Balaban J connectivity index is 1.87. The topological polar surface area (TPSA) is 29.3 Å². The average molecular weight is 186 g/mol. The molecule has 70 valence electrons. The van der Waals surface area contributed by atoms with Crippen LogP contribution in [-0.2, 0) is 0 Å². The molecule has 0 aromatic rings. The molecule has 12 heavy (non-hydrogen) atoms. The molecular formula is C9H18N2S. The van der Waals surface area contributed by atoms with Gasteiger partial charge in [0.25, 0.3) is 0 Å². The first-order chi connectivity index (χ1) is 5.88. The van der Waals surface area contributed by atoms with Crippen molar-refractivity contribution in [1.29, 1.82) is 0 Å². The van der Waals surface area contributed by atoms with Gasteiger partial charge in [-0.05, 0) is 25.8 Å². The lowest BCUT2D eigenvalue weighted by Crippen LogP contribution is -2.34. The monoisotopic (exact) mass is 186 g/mol. The predicted octanol–water partition coefficient (Wildman–Crippen LogP) is 0.915. The molecule has 2 bridgehead atoms. The van der Waals surface area contributed by atoms with Crippen LogP contribution in [0.15, 0.2) is 0 Å². The first-order valence-electron chi connectivity index (χ1n) is 4.96. The van der Waals surface area contributed by atoms with E-state index in [1.165, 1.54) is 32.4 Å². The van der Waals surface area contributed by atoms with E-state index < -0.39 is 0 Å². The fraction of sp³-hybridized carbons (Fsp3) is 1.00. The third-order valence-electron chi connectivity index (χ3n) is 2.87. The molecule has 2 atom stereocenters. The highest BCUT2D eigenvalue weighted by atomic mass is 32.2. The third kappa shape index (κ3) is 1.95. The van der Waals surface area contributed by atoms with Gasteiger partial charge in [0.15, 0.2) is 0 Å². The Labute approximate surface area is 78.9 Å². The molecule has 0 aromatic carbocycles. The average Bonchev–Trinajstić information content (AvgIpc) is 2.37. The van der Waals surface area contributed by atoms with Gasteiger partial charge in [0.1, 0.15) is 0 Å². The molecular weight excluding hydrogens is 168 g/mol. The van der Waals surface area contributed by atoms with Gasteiger partial charge in [-0.1, -0.05) is 0 Å². The first-order valence-corrected chi connectivity index (χ1v) is 5.90. The second kappa shape index (κ2) is 3.99. The van der Waals surface area contributed by atoms with Crippen LogP contribution in [0.4, 0.5) is 0 Å². The standard InChI is InChI=1S/C9H18N2S/c10-4-6-11-5-3-8-1-2-9(7-11)12-8/h8-9H,1-7,10H2. The Morgan fingerprint density at radius 1 is 1.25 bits per heavy atom. The molecule has 0 radical (unpaired) electrons. The van der Waals surface area contributed by atoms with Crippen molar-refractivity contribution in [2.45, 2.75) is 29.8 Å². The molecule has 2 fully saturated rings. The number of fused-ring (bicyclic) bond motifs is 2. The lowest BCUT2D eigenvalue weighted by atomic mass is 10.1. The molecule has 0 spiro atoms. The summed E-state index contributed by atoms with van der Waals surface area (Å²) in [7, 11) is 0. The van der Waals surface area contributed by atoms with Gasteiger partial charge in [0, 0.05) is 30.1 Å². The minimum Gasteiger partial charge on any atom is -0.329 e. The smallest absolute Gasteiger partial charge is 0.0178 e. The molecule has 2 aliphatic rings. The Hall–Kier alpha value is 0.270. The van der Waals surface area contributed by atoms with Crippen LogP contribution < -0.4 is 5.73 Å². The molecule has 0 aromatic heterocycles. The first kappa shape index (κ1) is 8.85. The van der Waals surface area contributed by atoms with Gasteiger partial charge in [-0.15, -0.1) is 0 Å². The number of hydrogen-bond acceptors (Lipinski definition) is 3. The van der Waals surface area contributed by atoms with Gasteiger partial charge in [-0.25, -0.2) is 0 Å². The van der Waals surface area contributed by atoms with Crippen LogP contribution in [0, 0.1) is 0 Å². The molecule has 2 heterocycles. The molecule has 2 N–H and O–H groups in total. The minimum atomic E-state index is 0.821. The van der Waals surface area contributed by atoms with Gasteiger partial charge in [-0.3, -0.25) is 0 Å². The number of hydrogen-bond donors (Lipinski definition) is 1. The van der Waals surface area contributed by atoms with E-state index in [9.17, 15) is 0 Å². The Bertz CT molecular complexity index is 151. The highest BCUT2D eigenvalue weighted by molar-refractivity contribution is 8.00. The van der Waals surface area contributed by atoms with E-state index in [0.717, 1.165) is 23.6 Å². The number of likely N-dealkylation sites (tertiary alicyclic amines) is 1. The van der Waals surface area contributed by atoms with E-state index in [4.69, 9.17) is 5.73 Å². The van der Waals surface area contributed by atoms with E-state index >= 15 is 0 Å². The van der Waals surface area contributed by atoms with Gasteiger partial charge in [0.05, 0.1) is 0 Å². The zero-order valence-corrected chi connectivity index (χ0v) is 8.35. The van der Waals surface area contributed by atoms with Crippen molar-refractivity contribution in [2.75, 3.05) is 26.2 Å². The van der Waals surface area contributed by atoms with Crippen molar-refractivity contribution in [1.82, 2.24) is 4.90 Å². The number of nitrogens with two attached hydrogens (primary N) is 1. The van der Waals surface area contributed by atoms with Crippen molar-refractivity contribution in [3.8, 4) is 0 Å². The van der Waals surface area contributed by atoms with Crippen LogP contribution in [0.2, 0.25) is 0 Å². The maximum absolute atomic E-state index is 5.56. The Kier molecular flexibility index (Phi) is 2.94.